The molecule has 0 atom stereocenters. The summed E-state index contributed by atoms with van der Waals surface area (Å²) in [6.45, 7) is -0.578. The Balaban J connectivity index is 1.58. The topological polar surface area (TPSA) is 55.4 Å². The van der Waals surface area contributed by atoms with Gasteiger partial charge in [0.25, 0.3) is 5.91 Å². The first-order chi connectivity index (χ1) is 11.5. The molecule has 1 N–H and O–H groups in total. The van der Waals surface area contributed by atoms with E-state index in [4.69, 9.17) is 4.74 Å². The first kappa shape index (κ1) is 16.1. The molecule has 0 radical (unpaired) electrons. The highest BCUT2D eigenvalue weighted by Gasteiger charge is 2.16. The van der Waals surface area contributed by atoms with Gasteiger partial charge >= 0.3 is 5.97 Å². The molecule has 0 saturated carbocycles. The number of fused-ring (bicyclic) bond motifs is 1. The first-order valence-electron chi connectivity index (χ1n) is 7.57. The number of anilines is 1. The number of benzene rings is 2. The molecule has 6 heteroatoms. The fourth-order valence-electron chi connectivity index (χ4n) is 2.69. The van der Waals surface area contributed by atoms with E-state index in [1.807, 2.05) is 6.07 Å². The number of ether oxygens (including phenoxy) is 1. The quantitative estimate of drug-likeness (QED) is 0.875. The second kappa shape index (κ2) is 6.78. The standard InChI is InChI=1S/C18H15F2NO3/c19-14-6-7-15(20)16(9-14)21-17(22)10-24-18(23)13-5-4-11-2-1-3-12(11)8-13/h4-9H,1-3,10H2,(H,21,22). The van der Waals surface area contributed by atoms with Crippen molar-refractivity contribution in [1.29, 1.82) is 0 Å². The zero-order chi connectivity index (χ0) is 17.1. The van der Waals surface area contributed by atoms with Gasteiger partial charge in [0.1, 0.15) is 11.6 Å². The first-order valence-corrected chi connectivity index (χ1v) is 7.57. The predicted molar refractivity (Wildman–Crippen MR) is 83.7 cm³/mol. The summed E-state index contributed by atoms with van der Waals surface area (Å²) in [6, 6.07) is 8.03. The van der Waals surface area contributed by atoms with Crippen LogP contribution in [0.5, 0.6) is 0 Å². The number of hydrogen-bond donors (Lipinski definition) is 1. The molecule has 1 aliphatic carbocycles. The number of nitrogens with one attached hydrogen (secondary N) is 1. The van der Waals surface area contributed by atoms with Gasteiger partial charge in [0, 0.05) is 6.07 Å². The van der Waals surface area contributed by atoms with Gasteiger partial charge < -0.3 is 10.1 Å². The van der Waals surface area contributed by atoms with Gasteiger partial charge in [0.2, 0.25) is 0 Å². The maximum Gasteiger partial charge on any atom is 0.338 e. The molecular formula is C18H15F2NO3. The van der Waals surface area contributed by atoms with E-state index in [0.717, 1.165) is 43.0 Å². The summed E-state index contributed by atoms with van der Waals surface area (Å²) in [5, 5.41) is 2.17. The lowest BCUT2D eigenvalue weighted by Gasteiger charge is -2.08. The van der Waals surface area contributed by atoms with Gasteiger partial charge in [0.05, 0.1) is 11.3 Å². The lowest BCUT2D eigenvalue weighted by Crippen LogP contribution is -2.21. The molecule has 2 aromatic carbocycles. The number of aryl methyl sites for hydroxylation is 2. The lowest BCUT2D eigenvalue weighted by atomic mass is 10.1. The lowest BCUT2D eigenvalue weighted by molar-refractivity contribution is -0.119. The molecule has 0 spiro atoms. The fraction of sp³-hybridized carbons (Fsp3) is 0.222. The molecule has 24 heavy (non-hydrogen) atoms. The minimum Gasteiger partial charge on any atom is -0.452 e. The maximum absolute atomic E-state index is 13.4. The molecule has 1 amide bonds. The van der Waals surface area contributed by atoms with E-state index in [2.05, 4.69) is 5.32 Å². The van der Waals surface area contributed by atoms with Crippen LogP contribution in [0, 0.1) is 11.6 Å². The summed E-state index contributed by atoms with van der Waals surface area (Å²) >= 11 is 0. The van der Waals surface area contributed by atoms with Gasteiger partial charge in [-0.25, -0.2) is 13.6 Å². The van der Waals surface area contributed by atoms with E-state index in [9.17, 15) is 18.4 Å². The van der Waals surface area contributed by atoms with Gasteiger partial charge in [-0.2, -0.15) is 0 Å². The van der Waals surface area contributed by atoms with E-state index in [-0.39, 0.29) is 5.69 Å². The van der Waals surface area contributed by atoms with Gasteiger partial charge in [-0.1, -0.05) is 6.07 Å². The Bertz CT molecular complexity index is 805. The van der Waals surface area contributed by atoms with Gasteiger partial charge in [-0.05, 0) is 54.7 Å². The van der Waals surface area contributed by atoms with Crippen molar-refractivity contribution in [2.75, 3.05) is 11.9 Å². The summed E-state index contributed by atoms with van der Waals surface area (Å²) in [7, 11) is 0. The third-order valence-electron chi connectivity index (χ3n) is 3.87. The second-order valence-corrected chi connectivity index (χ2v) is 5.59. The Hall–Kier alpha value is -2.76. The van der Waals surface area contributed by atoms with Crippen molar-refractivity contribution in [2.24, 2.45) is 0 Å². The van der Waals surface area contributed by atoms with E-state index in [0.29, 0.717) is 5.56 Å². The van der Waals surface area contributed by atoms with Crippen molar-refractivity contribution in [3.8, 4) is 0 Å². The number of halogens is 2. The predicted octanol–water partition coefficient (Wildman–Crippen LogP) is 3.25. The average Bonchev–Trinajstić information content (AvgIpc) is 3.03. The Labute approximate surface area is 137 Å². The van der Waals surface area contributed by atoms with E-state index < -0.39 is 30.1 Å². The summed E-state index contributed by atoms with van der Waals surface area (Å²) in [4.78, 5) is 23.7. The van der Waals surface area contributed by atoms with Crippen LogP contribution in [0.4, 0.5) is 14.5 Å². The van der Waals surface area contributed by atoms with Crippen molar-refractivity contribution in [3.63, 3.8) is 0 Å². The Morgan fingerprint density at radius 2 is 1.83 bits per heavy atom. The summed E-state index contributed by atoms with van der Waals surface area (Å²) in [5.41, 5.74) is 2.43. The summed E-state index contributed by atoms with van der Waals surface area (Å²) in [6.07, 6.45) is 3.00. The van der Waals surface area contributed by atoms with Crippen LogP contribution in [-0.2, 0) is 22.4 Å². The van der Waals surface area contributed by atoms with Crippen molar-refractivity contribution in [1.82, 2.24) is 0 Å². The maximum atomic E-state index is 13.4. The number of esters is 1. The van der Waals surface area contributed by atoms with Crippen LogP contribution in [0.2, 0.25) is 0 Å². The summed E-state index contributed by atoms with van der Waals surface area (Å²) in [5.74, 6) is -2.81. The monoisotopic (exact) mass is 331 g/mol. The molecule has 4 nitrogen and oxygen atoms in total. The highest BCUT2D eigenvalue weighted by atomic mass is 19.1. The second-order valence-electron chi connectivity index (χ2n) is 5.59. The third-order valence-corrected chi connectivity index (χ3v) is 3.87. The molecule has 0 bridgehead atoms. The van der Waals surface area contributed by atoms with Crippen LogP contribution in [-0.4, -0.2) is 18.5 Å². The molecule has 0 aromatic heterocycles. The number of amides is 1. The van der Waals surface area contributed by atoms with Crippen LogP contribution < -0.4 is 5.32 Å². The number of carbonyl (C=O) groups is 2. The van der Waals surface area contributed by atoms with Gasteiger partial charge in [-0.15, -0.1) is 0 Å². The van der Waals surface area contributed by atoms with Crippen LogP contribution in [0.1, 0.15) is 27.9 Å². The van der Waals surface area contributed by atoms with E-state index >= 15 is 0 Å². The van der Waals surface area contributed by atoms with Crippen molar-refractivity contribution >= 4 is 17.6 Å². The molecule has 0 saturated heterocycles. The van der Waals surface area contributed by atoms with Crippen molar-refractivity contribution in [2.45, 2.75) is 19.3 Å². The zero-order valence-electron chi connectivity index (χ0n) is 12.8. The molecule has 2 aromatic rings. The molecule has 124 valence electrons. The van der Waals surface area contributed by atoms with Crippen molar-refractivity contribution in [3.05, 3.63) is 64.7 Å². The Morgan fingerprint density at radius 3 is 2.67 bits per heavy atom. The highest BCUT2D eigenvalue weighted by molar-refractivity contribution is 5.95. The van der Waals surface area contributed by atoms with E-state index in [1.54, 1.807) is 12.1 Å². The molecule has 1 aliphatic rings. The van der Waals surface area contributed by atoms with Gasteiger partial charge in [-0.3, -0.25) is 4.79 Å². The number of carbonyl (C=O) groups excluding carboxylic acids is 2. The Morgan fingerprint density at radius 1 is 1.04 bits per heavy atom. The third kappa shape index (κ3) is 3.59. The molecular weight excluding hydrogens is 316 g/mol. The highest BCUT2D eigenvalue weighted by Crippen LogP contribution is 2.23. The van der Waals surface area contributed by atoms with E-state index in [1.165, 1.54) is 5.56 Å². The minimum atomic E-state index is -0.769. The molecule has 0 heterocycles. The van der Waals surface area contributed by atoms with Crippen LogP contribution in [0.15, 0.2) is 36.4 Å². The fourth-order valence-corrected chi connectivity index (χ4v) is 2.69. The van der Waals surface area contributed by atoms with Crippen LogP contribution in [0.3, 0.4) is 0 Å². The van der Waals surface area contributed by atoms with Crippen molar-refractivity contribution < 1.29 is 23.1 Å². The normalized spacial score (nSPS) is 12.6. The smallest absolute Gasteiger partial charge is 0.338 e. The molecule has 3 rings (SSSR count). The number of rotatable bonds is 4. The number of hydrogen-bond acceptors (Lipinski definition) is 3. The largest absolute Gasteiger partial charge is 0.452 e. The molecule has 0 aliphatic heterocycles. The average molecular weight is 331 g/mol. The van der Waals surface area contributed by atoms with Crippen LogP contribution in [0.25, 0.3) is 0 Å². The minimum absolute atomic E-state index is 0.298. The molecule has 0 unspecified atom stereocenters. The summed E-state index contributed by atoms with van der Waals surface area (Å²) < 4.78 is 31.4. The SMILES string of the molecule is O=C(COC(=O)c1ccc2c(c1)CCC2)Nc1cc(F)ccc1F. The zero-order valence-corrected chi connectivity index (χ0v) is 12.8. The molecule has 0 fully saturated rings. The van der Waals surface area contributed by atoms with Gasteiger partial charge in [0.15, 0.2) is 6.61 Å². The van der Waals surface area contributed by atoms with Crippen LogP contribution >= 0.6 is 0 Å². The Kier molecular flexibility index (Phi) is 4.55.